The molecule has 4 aromatic rings. The first-order valence-corrected chi connectivity index (χ1v) is 11.0. The number of Topliss-reactive ketones (excluding diaryl/α,β-unsaturated/α-hetero) is 1. The molecule has 33 heavy (non-hydrogen) atoms. The van der Waals surface area contributed by atoms with Crippen LogP contribution < -0.4 is 10.2 Å². The van der Waals surface area contributed by atoms with E-state index in [-0.39, 0.29) is 24.3 Å². The van der Waals surface area contributed by atoms with Crippen LogP contribution in [0.3, 0.4) is 0 Å². The van der Waals surface area contributed by atoms with Gasteiger partial charge in [-0.25, -0.2) is 0 Å². The second kappa shape index (κ2) is 11.2. The highest BCUT2D eigenvalue weighted by Crippen LogP contribution is 2.28. The van der Waals surface area contributed by atoms with Crippen LogP contribution in [0.5, 0.6) is 5.75 Å². The molecule has 0 unspecified atom stereocenters. The number of benzene rings is 4. The lowest BCUT2D eigenvalue weighted by molar-refractivity contribution is -0.0272. The molecule has 0 amide bonds. The molecule has 0 spiro atoms. The number of hydrogen-bond acceptors (Lipinski definition) is 4. The first-order chi connectivity index (χ1) is 16.2. The van der Waals surface area contributed by atoms with Crippen LogP contribution in [-0.2, 0) is 4.84 Å². The van der Waals surface area contributed by atoms with Crippen LogP contribution in [0.4, 0.5) is 0 Å². The van der Waals surface area contributed by atoms with E-state index in [1.54, 1.807) is 7.11 Å². The molecule has 0 aromatic heterocycles. The summed E-state index contributed by atoms with van der Waals surface area (Å²) in [4.78, 5) is 19.3. The van der Waals surface area contributed by atoms with Crippen molar-refractivity contribution in [3.63, 3.8) is 0 Å². The maximum absolute atomic E-state index is 13.0. The molecule has 0 saturated heterocycles. The molecule has 1 atom stereocenters. The van der Waals surface area contributed by atoms with Gasteiger partial charge in [0.25, 0.3) is 0 Å². The van der Waals surface area contributed by atoms with E-state index in [4.69, 9.17) is 9.57 Å². The van der Waals surface area contributed by atoms with Crippen molar-refractivity contribution in [3.05, 3.63) is 138 Å². The molecule has 0 aliphatic carbocycles. The highest BCUT2D eigenvalue weighted by Gasteiger charge is 2.21. The quantitative estimate of drug-likeness (QED) is 0.233. The Balaban J connectivity index is 1.59. The van der Waals surface area contributed by atoms with Crippen molar-refractivity contribution in [2.75, 3.05) is 7.11 Å². The monoisotopic (exact) mass is 437 g/mol. The van der Waals surface area contributed by atoms with Crippen molar-refractivity contribution in [1.29, 1.82) is 0 Å². The number of ketones is 1. The molecule has 0 saturated carbocycles. The summed E-state index contributed by atoms with van der Waals surface area (Å²) >= 11 is 0. The third-order valence-corrected chi connectivity index (χ3v) is 5.54. The smallest absolute Gasteiger partial charge is 0.164 e. The van der Waals surface area contributed by atoms with E-state index >= 15 is 0 Å². The Hall–Kier alpha value is -3.73. The Labute approximate surface area is 194 Å². The number of ether oxygens (including phenoxy) is 1. The van der Waals surface area contributed by atoms with Crippen LogP contribution in [0.2, 0.25) is 0 Å². The highest BCUT2D eigenvalue weighted by molar-refractivity contribution is 5.96. The normalized spacial score (nSPS) is 11.8. The number of methoxy groups -OCH3 is 1. The Morgan fingerprint density at radius 2 is 1.21 bits per heavy atom. The van der Waals surface area contributed by atoms with E-state index in [9.17, 15) is 4.79 Å². The van der Waals surface area contributed by atoms with Crippen molar-refractivity contribution >= 4 is 5.78 Å². The molecule has 4 nitrogen and oxygen atoms in total. The summed E-state index contributed by atoms with van der Waals surface area (Å²) in [5.41, 5.74) is 6.89. The molecule has 166 valence electrons. The van der Waals surface area contributed by atoms with Gasteiger partial charge < -0.3 is 4.74 Å². The summed E-state index contributed by atoms with van der Waals surface area (Å²) in [6.07, 6.45) is -0.0629. The molecule has 0 fully saturated rings. The SMILES string of the molecule is COc1ccc([C@H](CC(=O)c2ccccc2)NOC(c2ccccc2)c2ccccc2)cc1. The highest BCUT2D eigenvalue weighted by atomic mass is 16.7. The Morgan fingerprint density at radius 3 is 1.73 bits per heavy atom. The predicted octanol–water partition coefficient (Wildman–Crippen LogP) is 6.32. The van der Waals surface area contributed by atoms with Crippen LogP contribution >= 0.6 is 0 Å². The lowest BCUT2D eigenvalue weighted by atomic mass is 9.98. The average Bonchev–Trinajstić information content (AvgIpc) is 2.90. The minimum atomic E-state index is -0.335. The number of hydroxylamine groups is 1. The molecule has 1 N–H and O–H groups in total. The zero-order valence-corrected chi connectivity index (χ0v) is 18.6. The largest absolute Gasteiger partial charge is 0.497 e. The van der Waals surface area contributed by atoms with Gasteiger partial charge in [0.05, 0.1) is 13.2 Å². The molecule has 0 bridgehead atoms. The van der Waals surface area contributed by atoms with Gasteiger partial charge in [-0.3, -0.25) is 9.63 Å². The summed E-state index contributed by atoms with van der Waals surface area (Å²) in [7, 11) is 1.64. The van der Waals surface area contributed by atoms with Gasteiger partial charge in [-0.15, -0.1) is 0 Å². The molecule has 4 heteroatoms. The standard InChI is InChI=1S/C29H27NO3/c1-32-26-19-17-22(18-20-26)27(21-28(31)23-11-5-2-6-12-23)30-33-29(24-13-7-3-8-14-24)25-15-9-4-10-16-25/h2-20,27,29-30H,21H2,1H3/t27-/m0/s1. The third kappa shape index (κ3) is 5.95. The maximum atomic E-state index is 13.0. The Bertz CT molecular complexity index is 1090. The third-order valence-electron chi connectivity index (χ3n) is 5.54. The summed E-state index contributed by atoms with van der Waals surface area (Å²) in [6.45, 7) is 0. The predicted molar refractivity (Wildman–Crippen MR) is 130 cm³/mol. The zero-order valence-electron chi connectivity index (χ0n) is 18.6. The molecule has 4 rings (SSSR count). The Kier molecular flexibility index (Phi) is 7.64. The summed E-state index contributed by atoms with van der Waals surface area (Å²) < 4.78 is 5.29. The first kappa shape index (κ1) is 22.5. The van der Waals surface area contributed by atoms with Crippen molar-refractivity contribution < 1.29 is 14.4 Å². The van der Waals surface area contributed by atoms with E-state index in [2.05, 4.69) is 5.48 Å². The van der Waals surface area contributed by atoms with Gasteiger partial charge >= 0.3 is 0 Å². The molecule has 0 heterocycles. The minimum absolute atomic E-state index is 0.0449. The van der Waals surface area contributed by atoms with Crippen molar-refractivity contribution in [2.24, 2.45) is 0 Å². The lowest BCUT2D eigenvalue weighted by Crippen LogP contribution is -2.27. The molecular formula is C29H27NO3. The van der Waals surface area contributed by atoms with Crippen LogP contribution in [0, 0.1) is 0 Å². The Morgan fingerprint density at radius 1 is 0.697 bits per heavy atom. The topological polar surface area (TPSA) is 47.6 Å². The van der Waals surface area contributed by atoms with Gasteiger partial charge in [-0.1, -0.05) is 103 Å². The van der Waals surface area contributed by atoms with Gasteiger partial charge in [0, 0.05) is 12.0 Å². The molecule has 0 aliphatic rings. The fourth-order valence-electron chi connectivity index (χ4n) is 3.73. The summed E-state index contributed by atoms with van der Waals surface area (Å²) in [6, 6.07) is 36.8. The van der Waals surface area contributed by atoms with Gasteiger partial charge in [-0.05, 0) is 28.8 Å². The number of nitrogens with one attached hydrogen (secondary N) is 1. The number of carbonyl (C=O) groups excluding carboxylic acids is 1. The fourth-order valence-corrected chi connectivity index (χ4v) is 3.73. The first-order valence-electron chi connectivity index (χ1n) is 11.0. The van der Waals surface area contributed by atoms with Gasteiger partial charge in [-0.2, -0.15) is 5.48 Å². The molecular weight excluding hydrogens is 410 g/mol. The van der Waals surface area contributed by atoms with Crippen molar-refractivity contribution in [2.45, 2.75) is 18.6 Å². The lowest BCUT2D eigenvalue weighted by Gasteiger charge is -2.24. The number of rotatable bonds is 10. The second-order valence-corrected chi connectivity index (χ2v) is 7.76. The van der Waals surface area contributed by atoms with Gasteiger partial charge in [0.15, 0.2) is 5.78 Å². The number of carbonyl (C=O) groups is 1. The van der Waals surface area contributed by atoms with Crippen LogP contribution in [0.15, 0.2) is 115 Å². The van der Waals surface area contributed by atoms with E-state index in [1.807, 2.05) is 115 Å². The number of hydrogen-bond donors (Lipinski definition) is 1. The minimum Gasteiger partial charge on any atom is -0.497 e. The van der Waals surface area contributed by atoms with E-state index in [0.717, 1.165) is 22.4 Å². The molecule has 0 radical (unpaired) electrons. The summed E-state index contributed by atoms with van der Waals surface area (Å²) in [5, 5.41) is 0. The van der Waals surface area contributed by atoms with Crippen LogP contribution in [0.25, 0.3) is 0 Å². The van der Waals surface area contributed by atoms with E-state index in [1.165, 1.54) is 0 Å². The summed E-state index contributed by atoms with van der Waals surface area (Å²) in [5.74, 6) is 0.808. The van der Waals surface area contributed by atoms with Crippen molar-refractivity contribution in [3.8, 4) is 5.75 Å². The van der Waals surface area contributed by atoms with E-state index in [0.29, 0.717) is 5.56 Å². The maximum Gasteiger partial charge on any atom is 0.164 e. The fraction of sp³-hybridized carbons (Fsp3) is 0.138. The van der Waals surface area contributed by atoms with E-state index < -0.39 is 0 Å². The zero-order chi connectivity index (χ0) is 22.9. The average molecular weight is 438 g/mol. The van der Waals surface area contributed by atoms with Crippen molar-refractivity contribution in [1.82, 2.24) is 5.48 Å². The van der Waals surface area contributed by atoms with Gasteiger partial charge in [0.1, 0.15) is 11.9 Å². The molecule has 4 aromatic carbocycles. The van der Waals surface area contributed by atoms with Gasteiger partial charge in [0.2, 0.25) is 0 Å². The van der Waals surface area contributed by atoms with Crippen LogP contribution in [-0.4, -0.2) is 12.9 Å². The van der Waals surface area contributed by atoms with Crippen LogP contribution in [0.1, 0.15) is 45.6 Å². The molecule has 0 aliphatic heterocycles. The second-order valence-electron chi connectivity index (χ2n) is 7.76.